The molecule has 0 bridgehead atoms. The number of nitrogens with one attached hydrogen (secondary N) is 1. The number of nitrogens with two attached hydrogens (primary N) is 1. The number of benzene rings is 2. The SMILES string of the molecule is Nc1nnc(SCC(=O)Nc2ccc(Br)cc2)n1-c1ccccc1. The molecule has 2 aromatic carbocycles. The predicted octanol–water partition coefficient (Wildman–Crippen LogP) is 3.34. The van der Waals surface area contributed by atoms with Crippen molar-refractivity contribution in [3.05, 3.63) is 59.1 Å². The lowest BCUT2D eigenvalue weighted by molar-refractivity contribution is -0.113. The second kappa shape index (κ2) is 7.50. The maximum atomic E-state index is 12.1. The monoisotopic (exact) mass is 403 g/mol. The van der Waals surface area contributed by atoms with Crippen LogP contribution in [-0.2, 0) is 4.79 Å². The van der Waals surface area contributed by atoms with Gasteiger partial charge in [0.25, 0.3) is 0 Å². The average molecular weight is 404 g/mol. The minimum Gasteiger partial charge on any atom is -0.368 e. The molecule has 3 N–H and O–H groups in total. The standard InChI is InChI=1S/C16H14BrN5OS/c17-11-6-8-12(9-7-11)19-14(23)10-24-16-21-20-15(18)22(16)13-4-2-1-3-5-13/h1-9H,10H2,(H2,18,20)(H,19,23). The Balaban J connectivity index is 1.67. The number of aromatic nitrogens is 3. The van der Waals surface area contributed by atoms with E-state index in [2.05, 4.69) is 31.4 Å². The van der Waals surface area contributed by atoms with E-state index in [0.29, 0.717) is 5.16 Å². The molecule has 3 aromatic rings. The molecule has 6 nitrogen and oxygen atoms in total. The van der Waals surface area contributed by atoms with Gasteiger partial charge in [0.1, 0.15) is 0 Å². The topological polar surface area (TPSA) is 85.8 Å². The number of halogens is 1. The molecule has 24 heavy (non-hydrogen) atoms. The van der Waals surface area contributed by atoms with Crippen LogP contribution in [0.4, 0.5) is 11.6 Å². The minimum atomic E-state index is -0.122. The highest BCUT2D eigenvalue weighted by Crippen LogP contribution is 2.23. The van der Waals surface area contributed by atoms with Crippen LogP contribution in [0, 0.1) is 0 Å². The molecular formula is C16H14BrN5OS. The van der Waals surface area contributed by atoms with Crippen LogP contribution in [0.1, 0.15) is 0 Å². The zero-order valence-electron chi connectivity index (χ0n) is 12.5. The number of amides is 1. The number of hydrogen-bond acceptors (Lipinski definition) is 5. The number of carbonyl (C=O) groups excluding carboxylic acids is 1. The van der Waals surface area contributed by atoms with Crippen molar-refractivity contribution >= 4 is 45.2 Å². The molecule has 0 aliphatic carbocycles. The number of rotatable bonds is 5. The maximum Gasteiger partial charge on any atom is 0.234 e. The number of anilines is 2. The summed E-state index contributed by atoms with van der Waals surface area (Å²) in [5, 5.41) is 11.4. The van der Waals surface area contributed by atoms with Crippen molar-refractivity contribution in [2.45, 2.75) is 5.16 Å². The lowest BCUT2D eigenvalue weighted by Gasteiger charge is -2.08. The summed E-state index contributed by atoms with van der Waals surface area (Å²) in [6, 6.07) is 17.0. The number of para-hydroxylation sites is 1. The van der Waals surface area contributed by atoms with E-state index in [1.54, 1.807) is 4.57 Å². The van der Waals surface area contributed by atoms with Crippen LogP contribution in [0.25, 0.3) is 5.69 Å². The quantitative estimate of drug-likeness (QED) is 0.637. The van der Waals surface area contributed by atoms with Crippen LogP contribution in [0.5, 0.6) is 0 Å². The minimum absolute atomic E-state index is 0.122. The summed E-state index contributed by atoms with van der Waals surface area (Å²) in [7, 11) is 0. The molecule has 8 heteroatoms. The van der Waals surface area contributed by atoms with Crippen molar-refractivity contribution in [2.24, 2.45) is 0 Å². The van der Waals surface area contributed by atoms with Crippen molar-refractivity contribution < 1.29 is 4.79 Å². The van der Waals surface area contributed by atoms with Crippen LogP contribution in [0.2, 0.25) is 0 Å². The Morgan fingerprint density at radius 3 is 2.54 bits per heavy atom. The Kier molecular flexibility index (Phi) is 5.17. The first-order chi connectivity index (χ1) is 11.6. The van der Waals surface area contributed by atoms with Crippen LogP contribution in [0.15, 0.2) is 64.2 Å². The Bertz CT molecular complexity index is 835. The van der Waals surface area contributed by atoms with Crippen molar-refractivity contribution in [3.63, 3.8) is 0 Å². The summed E-state index contributed by atoms with van der Waals surface area (Å²) in [6.07, 6.45) is 0. The predicted molar refractivity (Wildman–Crippen MR) is 99.3 cm³/mol. The zero-order chi connectivity index (χ0) is 16.9. The van der Waals surface area contributed by atoms with Gasteiger partial charge in [0.05, 0.1) is 11.4 Å². The second-order valence-corrected chi connectivity index (χ2v) is 6.71. The first kappa shape index (κ1) is 16.5. The van der Waals surface area contributed by atoms with Gasteiger partial charge in [-0.05, 0) is 36.4 Å². The van der Waals surface area contributed by atoms with Crippen LogP contribution >= 0.6 is 27.7 Å². The number of nitrogens with zero attached hydrogens (tertiary/aromatic N) is 3. The molecule has 0 aliphatic rings. The van der Waals surface area contributed by atoms with E-state index in [1.807, 2.05) is 54.6 Å². The van der Waals surface area contributed by atoms with E-state index in [0.717, 1.165) is 15.8 Å². The molecule has 1 heterocycles. The third-order valence-electron chi connectivity index (χ3n) is 3.13. The van der Waals surface area contributed by atoms with Gasteiger partial charge in [-0.25, -0.2) is 0 Å². The van der Waals surface area contributed by atoms with Gasteiger partial charge in [0, 0.05) is 10.2 Å². The smallest absolute Gasteiger partial charge is 0.234 e. The maximum absolute atomic E-state index is 12.1. The summed E-state index contributed by atoms with van der Waals surface area (Å²) in [5.41, 5.74) is 7.49. The van der Waals surface area contributed by atoms with Gasteiger partial charge >= 0.3 is 0 Å². The summed E-state index contributed by atoms with van der Waals surface area (Å²) >= 11 is 4.64. The van der Waals surface area contributed by atoms with Gasteiger partial charge < -0.3 is 11.1 Å². The highest BCUT2D eigenvalue weighted by molar-refractivity contribution is 9.10. The van der Waals surface area contributed by atoms with E-state index in [1.165, 1.54) is 11.8 Å². The van der Waals surface area contributed by atoms with Gasteiger partial charge in [-0.15, -0.1) is 10.2 Å². The molecule has 0 aliphatic heterocycles. The Hall–Kier alpha value is -2.32. The second-order valence-electron chi connectivity index (χ2n) is 4.86. The van der Waals surface area contributed by atoms with E-state index < -0.39 is 0 Å². The third-order valence-corrected chi connectivity index (χ3v) is 4.59. The van der Waals surface area contributed by atoms with Crippen LogP contribution in [-0.4, -0.2) is 26.4 Å². The number of hydrogen-bond donors (Lipinski definition) is 2. The molecule has 0 saturated heterocycles. The molecule has 0 fully saturated rings. The molecule has 1 amide bonds. The third kappa shape index (κ3) is 3.95. The lowest BCUT2D eigenvalue weighted by atomic mass is 10.3. The highest BCUT2D eigenvalue weighted by Gasteiger charge is 2.13. The number of carbonyl (C=O) groups is 1. The van der Waals surface area contributed by atoms with Crippen molar-refractivity contribution in [3.8, 4) is 5.69 Å². The molecular weight excluding hydrogens is 390 g/mol. The van der Waals surface area contributed by atoms with Gasteiger partial charge in [-0.3, -0.25) is 9.36 Å². The summed E-state index contributed by atoms with van der Waals surface area (Å²) < 4.78 is 2.68. The fraction of sp³-hybridized carbons (Fsp3) is 0.0625. The largest absolute Gasteiger partial charge is 0.368 e. The van der Waals surface area contributed by atoms with E-state index in [4.69, 9.17) is 5.73 Å². The van der Waals surface area contributed by atoms with E-state index in [-0.39, 0.29) is 17.6 Å². The van der Waals surface area contributed by atoms with E-state index >= 15 is 0 Å². The molecule has 0 saturated carbocycles. The van der Waals surface area contributed by atoms with E-state index in [9.17, 15) is 4.79 Å². The van der Waals surface area contributed by atoms with Gasteiger partial charge in [0.15, 0.2) is 5.16 Å². The first-order valence-corrected chi connectivity index (χ1v) is 8.86. The molecule has 1 aromatic heterocycles. The Morgan fingerprint density at radius 2 is 1.83 bits per heavy atom. The Morgan fingerprint density at radius 1 is 1.12 bits per heavy atom. The normalized spacial score (nSPS) is 10.5. The highest BCUT2D eigenvalue weighted by atomic mass is 79.9. The fourth-order valence-corrected chi connectivity index (χ4v) is 3.08. The summed E-state index contributed by atoms with van der Waals surface area (Å²) in [4.78, 5) is 12.1. The zero-order valence-corrected chi connectivity index (χ0v) is 14.9. The van der Waals surface area contributed by atoms with Gasteiger partial charge in [-0.2, -0.15) is 0 Å². The molecule has 0 spiro atoms. The molecule has 0 unspecified atom stereocenters. The average Bonchev–Trinajstić information content (AvgIpc) is 2.96. The Labute approximate surface area is 151 Å². The van der Waals surface area contributed by atoms with Gasteiger partial charge in [-0.1, -0.05) is 45.9 Å². The molecule has 0 radical (unpaired) electrons. The molecule has 3 rings (SSSR count). The van der Waals surface area contributed by atoms with Crippen molar-refractivity contribution in [2.75, 3.05) is 16.8 Å². The van der Waals surface area contributed by atoms with Crippen molar-refractivity contribution in [1.82, 2.24) is 14.8 Å². The molecule has 0 atom stereocenters. The summed E-state index contributed by atoms with van der Waals surface area (Å²) in [6.45, 7) is 0. The first-order valence-electron chi connectivity index (χ1n) is 7.08. The molecule has 122 valence electrons. The lowest BCUT2D eigenvalue weighted by Crippen LogP contribution is -2.14. The van der Waals surface area contributed by atoms with Gasteiger partial charge in [0.2, 0.25) is 11.9 Å². The fourth-order valence-electron chi connectivity index (χ4n) is 2.06. The number of nitrogen functional groups attached to an aromatic ring is 1. The van der Waals surface area contributed by atoms with Crippen LogP contribution < -0.4 is 11.1 Å². The summed E-state index contributed by atoms with van der Waals surface area (Å²) in [5.74, 6) is 0.377. The number of thioether (sulfide) groups is 1. The van der Waals surface area contributed by atoms with Crippen LogP contribution in [0.3, 0.4) is 0 Å². The van der Waals surface area contributed by atoms with Crippen molar-refractivity contribution in [1.29, 1.82) is 0 Å².